The van der Waals surface area contributed by atoms with Crippen LogP contribution in [-0.4, -0.2) is 89.6 Å². The van der Waals surface area contributed by atoms with Gasteiger partial charge >= 0.3 is 5.97 Å². The molecule has 0 aromatic heterocycles. The lowest BCUT2D eigenvalue weighted by Crippen LogP contribution is -2.59. The monoisotopic (exact) mass is 969 g/mol. The molecule has 0 amide bonds. The van der Waals surface area contributed by atoms with Gasteiger partial charge in [0, 0.05) is 13.0 Å². The molecule has 4 N–H and O–H groups in total. The Labute approximate surface area is 422 Å². The van der Waals surface area contributed by atoms with E-state index in [1.165, 1.54) is 122 Å². The third kappa shape index (κ3) is 40.6. The van der Waals surface area contributed by atoms with E-state index in [0.29, 0.717) is 13.0 Å². The molecule has 1 aliphatic rings. The summed E-state index contributed by atoms with van der Waals surface area (Å²) in [6, 6.07) is 0. The average molecular weight is 969 g/mol. The maximum atomic E-state index is 12.9. The van der Waals surface area contributed by atoms with Crippen molar-refractivity contribution >= 4 is 5.97 Å². The maximum Gasteiger partial charge on any atom is 0.306 e. The standard InChI is InChI=1S/C60H104O9/c1-3-5-7-9-11-13-15-17-19-21-23-25-27-28-30-32-34-36-38-40-42-44-46-48-50-66-52-54(53-67-60-59(65)58(64)57(63)55(51-61)69-60)68-56(62)49-47-45-43-41-39-37-35-33-31-29-26-24-22-20-18-16-14-12-10-8-6-4-2/h5,7,11,13,17,19,23,25,28,30,34,36,40,42,54-55,57-61,63-65H,3-4,6,8-10,12,14-16,18,20-22,24,26-27,29,31-33,35,37-39,41,43-53H2,1-2H3/b7-5-,13-11-,19-17-,25-23-,30-28-,36-34-,42-40-. The maximum absolute atomic E-state index is 12.9. The zero-order chi connectivity index (χ0) is 49.9. The summed E-state index contributed by atoms with van der Waals surface area (Å²) in [6.07, 6.45) is 62.0. The van der Waals surface area contributed by atoms with Gasteiger partial charge in [-0.15, -0.1) is 0 Å². The number of allylic oxidation sites excluding steroid dienone is 14. The first-order chi connectivity index (χ1) is 33.9. The van der Waals surface area contributed by atoms with Crippen LogP contribution in [-0.2, 0) is 23.7 Å². The summed E-state index contributed by atoms with van der Waals surface area (Å²) in [7, 11) is 0. The molecule has 1 saturated heterocycles. The molecule has 1 heterocycles. The molecule has 0 aromatic carbocycles. The number of carbonyl (C=O) groups excluding carboxylic acids is 1. The van der Waals surface area contributed by atoms with Gasteiger partial charge in [0.05, 0.1) is 19.8 Å². The van der Waals surface area contributed by atoms with Gasteiger partial charge in [0.15, 0.2) is 6.29 Å². The van der Waals surface area contributed by atoms with Crippen LogP contribution in [0.5, 0.6) is 0 Å². The van der Waals surface area contributed by atoms with Crippen molar-refractivity contribution in [3.63, 3.8) is 0 Å². The number of ether oxygens (including phenoxy) is 4. The quantitative estimate of drug-likeness (QED) is 0.0267. The van der Waals surface area contributed by atoms with E-state index in [0.717, 1.165) is 83.5 Å². The smallest absolute Gasteiger partial charge is 0.306 e. The fourth-order valence-electron chi connectivity index (χ4n) is 8.24. The fourth-order valence-corrected chi connectivity index (χ4v) is 8.24. The molecule has 6 atom stereocenters. The van der Waals surface area contributed by atoms with Crippen molar-refractivity contribution in [2.24, 2.45) is 0 Å². The summed E-state index contributed by atoms with van der Waals surface area (Å²) in [5, 5.41) is 40.3. The molecule has 1 aliphatic heterocycles. The van der Waals surface area contributed by atoms with Gasteiger partial charge in [-0.2, -0.15) is 0 Å². The second kappa shape index (κ2) is 50.3. The Kier molecular flexibility index (Phi) is 47.0. The van der Waals surface area contributed by atoms with E-state index in [4.69, 9.17) is 18.9 Å². The number of aliphatic hydroxyl groups excluding tert-OH is 4. The summed E-state index contributed by atoms with van der Waals surface area (Å²) in [4.78, 5) is 12.9. The highest BCUT2D eigenvalue weighted by Gasteiger charge is 2.44. The van der Waals surface area contributed by atoms with Crippen LogP contribution in [0.4, 0.5) is 0 Å². The van der Waals surface area contributed by atoms with Crippen molar-refractivity contribution in [2.75, 3.05) is 26.4 Å². The van der Waals surface area contributed by atoms with Gasteiger partial charge in [-0.3, -0.25) is 4.79 Å². The minimum Gasteiger partial charge on any atom is -0.457 e. The molecule has 0 aliphatic carbocycles. The fraction of sp³-hybridized carbons (Fsp3) is 0.750. The number of aliphatic hydroxyl groups is 4. The van der Waals surface area contributed by atoms with Gasteiger partial charge in [0.25, 0.3) is 0 Å². The normalized spacial score (nSPS) is 19.7. The van der Waals surface area contributed by atoms with Crippen LogP contribution in [0.15, 0.2) is 85.1 Å². The Morgan fingerprint density at radius 3 is 1.30 bits per heavy atom. The Balaban J connectivity index is 2.21. The van der Waals surface area contributed by atoms with Crippen LogP contribution in [0.1, 0.15) is 226 Å². The van der Waals surface area contributed by atoms with Gasteiger partial charge in [0.2, 0.25) is 0 Å². The topological polar surface area (TPSA) is 135 Å². The third-order valence-corrected chi connectivity index (χ3v) is 12.6. The van der Waals surface area contributed by atoms with Gasteiger partial charge in [-0.05, 0) is 70.6 Å². The first-order valence-corrected chi connectivity index (χ1v) is 28.2. The van der Waals surface area contributed by atoms with E-state index >= 15 is 0 Å². The number of hydrogen-bond donors (Lipinski definition) is 4. The van der Waals surface area contributed by atoms with Gasteiger partial charge in [-0.25, -0.2) is 0 Å². The van der Waals surface area contributed by atoms with E-state index in [1.807, 2.05) is 0 Å². The minimum absolute atomic E-state index is 0.112. The zero-order valence-electron chi connectivity index (χ0n) is 44.0. The highest BCUT2D eigenvalue weighted by Crippen LogP contribution is 2.23. The first kappa shape index (κ1) is 64.4. The molecule has 9 heteroatoms. The van der Waals surface area contributed by atoms with Crippen LogP contribution in [0.2, 0.25) is 0 Å². The second-order valence-corrected chi connectivity index (χ2v) is 19.0. The lowest BCUT2D eigenvalue weighted by atomic mass is 9.99. The van der Waals surface area contributed by atoms with Gasteiger partial charge in [-0.1, -0.05) is 234 Å². The highest BCUT2D eigenvalue weighted by molar-refractivity contribution is 5.69. The molecular formula is C60H104O9. The molecule has 0 aromatic rings. The number of hydrogen-bond acceptors (Lipinski definition) is 9. The number of esters is 1. The van der Waals surface area contributed by atoms with Crippen LogP contribution in [0.25, 0.3) is 0 Å². The summed E-state index contributed by atoms with van der Waals surface area (Å²) in [5.74, 6) is -0.328. The van der Waals surface area contributed by atoms with E-state index in [1.54, 1.807) is 0 Å². The van der Waals surface area contributed by atoms with Crippen molar-refractivity contribution < 1.29 is 44.2 Å². The lowest BCUT2D eigenvalue weighted by Gasteiger charge is -2.39. The molecule has 6 unspecified atom stereocenters. The van der Waals surface area contributed by atoms with Crippen LogP contribution in [0, 0.1) is 0 Å². The molecule has 0 radical (unpaired) electrons. The third-order valence-electron chi connectivity index (χ3n) is 12.6. The predicted molar refractivity (Wildman–Crippen MR) is 288 cm³/mol. The van der Waals surface area contributed by atoms with E-state index in [9.17, 15) is 25.2 Å². The Bertz CT molecular complexity index is 1330. The van der Waals surface area contributed by atoms with Crippen LogP contribution >= 0.6 is 0 Å². The van der Waals surface area contributed by atoms with Crippen LogP contribution < -0.4 is 0 Å². The SMILES string of the molecule is CC/C=C\C/C=C\C/C=C\C/C=C\C/C=C\C/C=C\C/C=C\CCCCOCC(COC1OC(CO)C(O)C(O)C1O)OC(=O)CCCCCCCCCCCCCCCCCCCCCCCC. The molecule has 1 fully saturated rings. The van der Waals surface area contributed by atoms with Crippen molar-refractivity contribution in [1.29, 1.82) is 0 Å². The second-order valence-electron chi connectivity index (χ2n) is 19.0. The summed E-state index contributed by atoms with van der Waals surface area (Å²) in [5.41, 5.74) is 0. The van der Waals surface area contributed by atoms with E-state index < -0.39 is 43.4 Å². The molecule has 69 heavy (non-hydrogen) atoms. The van der Waals surface area contributed by atoms with Gasteiger partial charge < -0.3 is 39.4 Å². The Hall–Kier alpha value is -2.63. The molecule has 9 nitrogen and oxygen atoms in total. The van der Waals surface area contributed by atoms with E-state index in [2.05, 4.69) is 98.9 Å². The zero-order valence-corrected chi connectivity index (χ0v) is 44.0. The molecule has 0 bridgehead atoms. The first-order valence-electron chi connectivity index (χ1n) is 28.2. The van der Waals surface area contributed by atoms with Crippen molar-refractivity contribution in [2.45, 2.75) is 263 Å². The highest BCUT2D eigenvalue weighted by atomic mass is 16.7. The average Bonchev–Trinajstić information content (AvgIpc) is 3.35. The predicted octanol–water partition coefficient (Wildman–Crippen LogP) is 14.5. The van der Waals surface area contributed by atoms with Gasteiger partial charge in [0.1, 0.15) is 30.5 Å². The Morgan fingerprint density at radius 1 is 0.478 bits per heavy atom. The number of rotatable bonds is 48. The minimum atomic E-state index is -1.55. The summed E-state index contributed by atoms with van der Waals surface area (Å²) < 4.78 is 22.9. The molecule has 398 valence electrons. The Morgan fingerprint density at radius 2 is 0.884 bits per heavy atom. The molecule has 1 rings (SSSR count). The number of carbonyl (C=O) groups is 1. The number of unbranched alkanes of at least 4 members (excludes halogenated alkanes) is 23. The van der Waals surface area contributed by atoms with Crippen molar-refractivity contribution in [1.82, 2.24) is 0 Å². The molecule has 0 spiro atoms. The molecular weight excluding hydrogens is 865 g/mol. The lowest BCUT2D eigenvalue weighted by molar-refractivity contribution is -0.305. The van der Waals surface area contributed by atoms with Crippen molar-refractivity contribution in [3.8, 4) is 0 Å². The van der Waals surface area contributed by atoms with Crippen molar-refractivity contribution in [3.05, 3.63) is 85.1 Å². The molecule has 0 saturated carbocycles. The van der Waals surface area contributed by atoms with E-state index in [-0.39, 0.29) is 19.2 Å². The van der Waals surface area contributed by atoms with Crippen LogP contribution in [0.3, 0.4) is 0 Å². The largest absolute Gasteiger partial charge is 0.457 e. The summed E-state index contributed by atoms with van der Waals surface area (Å²) in [6.45, 7) is 4.36. The summed E-state index contributed by atoms with van der Waals surface area (Å²) >= 11 is 0.